The maximum atomic E-state index is 14.0. The molecule has 3 aromatic carbocycles. The van der Waals surface area contributed by atoms with E-state index >= 15 is 0 Å². The molecule has 0 heterocycles. The van der Waals surface area contributed by atoms with E-state index in [1.54, 1.807) is 6.07 Å². The number of benzene rings is 3. The van der Waals surface area contributed by atoms with Gasteiger partial charge in [-0.15, -0.1) is 0 Å². The van der Waals surface area contributed by atoms with Gasteiger partial charge in [0.15, 0.2) is 0 Å². The minimum Gasteiger partial charge on any atom is -0.205 e. The number of halogens is 2. The lowest BCUT2D eigenvalue weighted by atomic mass is 10.0. The zero-order valence-corrected chi connectivity index (χ0v) is 9.13. The fraction of sp³-hybridized carbons (Fsp3) is 0. The van der Waals surface area contributed by atoms with Gasteiger partial charge in [-0.2, -0.15) is 0 Å². The monoisotopic (exact) mass is 230 g/mol. The molecule has 0 saturated heterocycles. The van der Waals surface area contributed by atoms with Crippen molar-refractivity contribution in [2.45, 2.75) is 0 Å². The lowest BCUT2D eigenvalue weighted by Crippen LogP contribution is -1.85. The van der Waals surface area contributed by atoms with Gasteiger partial charge in [0.05, 0.1) is 5.02 Å². The maximum absolute atomic E-state index is 14.0. The lowest BCUT2D eigenvalue weighted by molar-refractivity contribution is 0.642. The van der Waals surface area contributed by atoms with Gasteiger partial charge in [-0.05, 0) is 10.8 Å². The largest absolute Gasteiger partial charge is 0.205 e. The van der Waals surface area contributed by atoms with Crippen molar-refractivity contribution in [3.05, 3.63) is 59.4 Å². The SMILES string of the molecule is Fc1c(Cl)c2ccccc2c2ccccc12. The Morgan fingerprint density at radius 1 is 0.688 bits per heavy atom. The highest BCUT2D eigenvalue weighted by atomic mass is 35.5. The Kier molecular flexibility index (Phi) is 2.08. The zero-order chi connectivity index (χ0) is 11.1. The van der Waals surface area contributed by atoms with Crippen LogP contribution in [0.1, 0.15) is 0 Å². The fourth-order valence-corrected chi connectivity index (χ4v) is 2.32. The van der Waals surface area contributed by atoms with Crippen LogP contribution in [0.25, 0.3) is 21.5 Å². The number of hydrogen-bond donors (Lipinski definition) is 0. The van der Waals surface area contributed by atoms with Gasteiger partial charge in [0.2, 0.25) is 0 Å². The van der Waals surface area contributed by atoms with E-state index in [1.807, 2.05) is 42.5 Å². The van der Waals surface area contributed by atoms with Crippen molar-refractivity contribution in [1.29, 1.82) is 0 Å². The second kappa shape index (κ2) is 3.46. The molecule has 0 radical (unpaired) electrons. The summed E-state index contributed by atoms with van der Waals surface area (Å²) in [7, 11) is 0. The summed E-state index contributed by atoms with van der Waals surface area (Å²) >= 11 is 6.03. The van der Waals surface area contributed by atoms with Crippen molar-refractivity contribution in [3.63, 3.8) is 0 Å². The van der Waals surface area contributed by atoms with Gasteiger partial charge in [0.25, 0.3) is 0 Å². The maximum Gasteiger partial charge on any atom is 0.150 e. The highest BCUT2D eigenvalue weighted by Gasteiger charge is 2.11. The van der Waals surface area contributed by atoms with Crippen LogP contribution in [0, 0.1) is 5.82 Å². The van der Waals surface area contributed by atoms with Crippen LogP contribution in [-0.2, 0) is 0 Å². The molecular weight excluding hydrogens is 223 g/mol. The summed E-state index contributed by atoms with van der Waals surface area (Å²) in [6.45, 7) is 0. The van der Waals surface area contributed by atoms with E-state index < -0.39 is 0 Å². The molecule has 0 fully saturated rings. The Hall–Kier alpha value is -1.60. The summed E-state index contributed by atoms with van der Waals surface area (Å²) in [5, 5.41) is 3.44. The normalized spacial score (nSPS) is 11.1. The summed E-state index contributed by atoms with van der Waals surface area (Å²) < 4.78 is 14.0. The number of hydrogen-bond acceptors (Lipinski definition) is 0. The predicted octanol–water partition coefficient (Wildman–Crippen LogP) is 4.79. The fourth-order valence-electron chi connectivity index (χ4n) is 2.06. The molecule has 0 aliphatic rings. The molecule has 0 aromatic heterocycles. The zero-order valence-electron chi connectivity index (χ0n) is 8.37. The second-order valence-electron chi connectivity index (χ2n) is 3.72. The standard InChI is InChI=1S/C14H8ClF/c15-13-11-7-3-1-5-9(11)10-6-2-4-8-12(10)14(13)16/h1-8H. The van der Waals surface area contributed by atoms with Crippen LogP contribution in [0.3, 0.4) is 0 Å². The molecule has 0 amide bonds. The van der Waals surface area contributed by atoms with E-state index in [4.69, 9.17) is 11.6 Å². The van der Waals surface area contributed by atoms with Gasteiger partial charge in [-0.25, -0.2) is 4.39 Å². The Balaban J connectivity index is 2.69. The van der Waals surface area contributed by atoms with E-state index in [1.165, 1.54) is 0 Å². The number of fused-ring (bicyclic) bond motifs is 3. The van der Waals surface area contributed by atoms with Gasteiger partial charge in [-0.3, -0.25) is 0 Å². The highest BCUT2D eigenvalue weighted by Crippen LogP contribution is 2.34. The topological polar surface area (TPSA) is 0 Å². The summed E-state index contributed by atoms with van der Waals surface area (Å²) in [5.74, 6) is -0.337. The first-order valence-electron chi connectivity index (χ1n) is 5.03. The van der Waals surface area contributed by atoms with Crippen LogP contribution < -0.4 is 0 Å². The Bertz CT molecular complexity index is 628. The summed E-state index contributed by atoms with van der Waals surface area (Å²) in [6, 6.07) is 15.0. The first-order chi connectivity index (χ1) is 7.79. The van der Waals surface area contributed by atoms with Crippen LogP contribution in [0.5, 0.6) is 0 Å². The molecule has 0 aliphatic heterocycles. The first kappa shape index (κ1) is 9.61. The molecular formula is C14H8ClF. The van der Waals surface area contributed by atoms with Crippen molar-refractivity contribution < 1.29 is 4.39 Å². The van der Waals surface area contributed by atoms with Gasteiger partial charge in [0.1, 0.15) is 5.82 Å². The molecule has 0 aliphatic carbocycles. The van der Waals surface area contributed by atoms with Crippen LogP contribution in [0.15, 0.2) is 48.5 Å². The Morgan fingerprint density at radius 3 is 1.75 bits per heavy atom. The molecule has 3 rings (SSSR count). The van der Waals surface area contributed by atoms with Gasteiger partial charge < -0.3 is 0 Å². The molecule has 0 atom stereocenters. The molecule has 0 saturated carbocycles. The van der Waals surface area contributed by atoms with Gasteiger partial charge >= 0.3 is 0 Å². The Labute approximate surface area is 97.3 Å². The number of rotatable bonds is 0. The average Bonchev–Trinajstić information content (AvgIpc) is 2.36. The molecule has 0 unspecified atom stereocenters. The second-order valence-corrected chi connectivity index (χ2v) is 4.10. The first-order valence-corrected chi connectivity index (χ1v) is 5.41. The summed E-state index contributed by atoms with van der Waals surface area (Å²) in [6.07, 6.45) is 0. The van der Waals surface area contributed by atoms with Crippen molar-refractivity contribution in [3.8, 4) is 0 Å². The third-order valence-corrected chi connectivity index (χ3v) is 3.18. The van der Waals surface area contributed by atoms with Crippen molar-refractivity contribution in [2.75, 3.05) is 0 Å². The van der Waals surface area contributed by atoms with Gasteiger partial charge in [-0.1, -0.05) is 60.1 Å². The summed E-state index contributed by atoms with van der Waals surface area (Å²) in [5.41, 5.74) is 0. The third-order valence-electron chi connectivity index (χ3n) is 2.81. The quantitative estimate of drug-likeness (QED) is 0.488. The van der Waals surface area contributed by atoms with Crippen molar-refractivity contribution in [1.82, 2.24) is 0 Å². The lowest BCUT2D eigenvalue weighted by Gasteiger charge is -2.07. The molecule has 0 nitrogen and oxygen atoms in total. The van der Waals surface area contributed by atoms with Crippen LogP contribution in [-0.4, -0.2) is 0 Å². The highest BCUT2D eigenvalue weighted by molar-refractivity contribution is 6.37. The van der Waals surface area contributed by atoms with Gasteiger partial charge in [0, 0.05) is 10.8 Å². The van der Waals surface area contributed by atoms with Crippen LogP contribution in [0.4, 0.5) is 4.39 Å². The van der Waals surface area contributed by atoms with Crippen molar-refractivity contribution in [2.24, 2.45) is 0 Å². The van der Waals surface area contributed by atoms with Crippen molar-refractivity contribution >= 4 is 33.1 Å². The van der Waals surface area contributed by atoms with E-state index in [0.717, 1.165) is 16.2 Å². The minimum absolute atomic E-state index is 0.203. The molecule has 0 bridgehead atoms. The Morgan fingerprint density at radius 2 is 1.12 bits per heavy atom. The average molecular weight is 231 g/mol. The minimum atomic E-state index is -0.337. The summed E-state index contributed by atoms with van der Waals surface area (Å²) in [4.78, 5) is 0. The predicted molar refractivity (Wildman–Crippen MR) is 66.4 cm³/mol. The molecule has 3 aromatic rings. The molecule has 78 valence electrons. The van der Waals surface area contributed by atoms with E-state index in [-0.39, 0.29) is 10.8 Å². The third kappa shape index (κ3) is 1.22. The van der Waals surface area contributed by atoms with Crippen LogP contribution in [0.2, 0.25) is 5.02 Å². The molecule has 2 heteroatoms. The van der Waals surface area contributed by atoms with E-state index in [9.17, 15) is 4.39 Å². The molecule has 0 spiro atoms. The van der Waals surface area contributed by atoms with E-state index in [2.05, 4.69) is 0 Å². The van der Waals surface area contributed by atoms with E-state index in [0.29, 0.717) is 5.39 Å². The smallest absolute Gasteiger partial charge is 0.150 e. The molecule has 0 N–H and O–H groups in total. The van der Waals surface area contributed by atoms with Crippen LogP contribution >= 0.6 is 11.6 Å². The molecule has 16 heavy (non-hydrogen) atoms.